The van der Waals surface area contributed by atoms with Gasteiger partial charge in [-0.25, -0.2) is 22.0 Å². The average molecular weight is 501 g/mol. The zero-order valence-corrected chi connectivity index (χ0v) is 19.3. The van der Waals surface area contributed by atoms with E-state index in [0.29, 0.717) is 31.3 Å². The highest BCUT2D eigenvalue weighted by Gasteiger charge is 2.56. The Labute approximate surface area is 199 Å². The van der Waals surface area contributed by atoms with Crippen LogP contribution in [0.15, 0.2) is 36.4 Å². The fourth-order valence-corrected chi connectivity index (χ4v) is 5.24. The van der Waals surface area contributed by atoms with Crippen molar-refractivity contribution in [1.29, 1.82) is 0 Å². The summed E-state index contributed by atoms with van der Waals surface area (Å²) in [5, 5.41) is 0. The molecule has 2 aliphatic heterocycles. The molecule has 34 heavy (non-hydrogen) atoms. The fourth-order valence-electron chi connectivity index (χ4n) is 4.56. The van der Waals surface area contributed by atoms with E-state index < -0.39 is 54.0 Å². The van der Waals surface area contributed by atoms with Gasteiger partial charge in [0.25, 0.3) is 11.8 Å². The number of likely N-dealkylation sites (tertiary alicyclic amines) is 1. The molecule has 2 aliphatic rings. The summed E-state index contributed by atoms with van der Waals surface area (Å²) in [6, 6.07) is 4.55. The normalized spacial score (nSPS) is 24.1. The van der Waals surface area contributed by atoms with Crippen LogP contribution in [-0.4, -0.2) is 53.8 Å². The number of carbonyl (C=O) groups is 1. The van der Waals surface area contributed by atoms with Crippen molar-refractivity contribution in [3.05, 3.63) is 59.4 Å². The van der Waals surface area contributed by atoms with Crippen molar-refractivity contribution in [3.8, 4) is 11.1 Å². The fraction of sp³-hybridized carbons (Fsp3) is 0.458. The highest BCUT2D eigenvalue weighted by atomic mass is 32.2. The van der Waals surface area contributed by atoms with Gasteiger partial charge in [0.05, 0.1) is 12.6 Å². The molecular formula is C24H25F5N2O2S. The molecule has 1 N–H and O–H groups in total. The standard InChI is InChI=1S/C24H25F5N2O2S/c1-2-34-30-22-19(31(13-24(22,28)29)23(32)20-7-4-8-33-20)11-14-5-3-6-18(21(14)27)15-9-16(25)12-17(26)10-15/h3,5-6,9-10,12,19-20,22,30H,2,4,7-8,11,13H2,1H3/t19-,20+,22+/m0/s1. The average Bonchev–Trinajstić information content (AvgIpc) is 3.39. The van der Waals surface area contributed by atoms with E-state index in [0.717, 1.165) is 29.0 Å². The zero-order chi connectivity index (χ0) is 24.5. The number of nitrogens with one attached hydrogen (secondary N) is 1. The molecule has 184 valence electrons. The number of benzene rings is 2. The molecule has 0 bridgehead atoms. The lowest BCUT2D eigenvalue weighted by Crippen LogP contribution is -2.49. The van der Waals surface area contributed by atoms with Crippen molar-refractivity contribution in [2.75, 3.05) is 18.9 Å². The Balaban J connectivity index is 1.68. The van der Waals surface area contributed by atoms with Gasteiger partial charge in [-0.15, -0.1) is 0 Å². The van der Waals surface area contributed by atoms with E-state index in [1.54, 1.807) is 6.92 Å². The van der Waals surface area contributed by atoms with Gasteiger partial charge in [0.1, 0.15) is 29.6 Å². The van der Waals surface area contributed by atoms with E-state index in [1.807, 2.05) is 0 Å². The van der Waals surface area contributed by atoms with Crippen LogP contribution < -0.4 is 4.72 Å². The van der Waals surface area contributed by atoms with E-state index in [1.165, 1.54) is 18.2 Å². The van der Waals surface area contributed by atoms with Crippen LogP contribution in [0.2, 0.25) is 0 Å². The number of hydrogen-bond donors (Lipinski definition) is 1. The number of nitrogens with zero attached hydrogens (tertiary/aromatic N) is 1. The molecule has 4 rings (SSSR count). The second-order valence-electron chi connectivity index (χ2n) is 8.47. The Morgan fingerprint density at radius 1 is 1.21 bits per heavy atom. The highest BCUT2D eigenvalue weighted by molar-refractivity contribution is 7.97. The van der Waals surface area contributed by atoms with Crippen molar-refractivity contribution in [3.63, 3.8) is 0 Å². The minimum atomic E-state index is -3.24. The highest BCUT2D eigenvalue weighted by Crippen LogP contribution is 2.38. The van der Waals surface area contributed by atoms with Crippen LogP contribution in [0.1, 0.15) is 25.3 Å². The van der Waals surface area contributed by atoms with Crippen molar-refractivity contribution in [2.24, 2.45) is 0 Å². The van der Waals surface area contributed by atoms with E-state index in [4.69, 9.17) is 4.74 Å². The van der Waals surface area contributed by atoms with Gasteiger partial charge in [-0.2, -0.15) is 0 Å². The first-order chi connectivity index (χ1) is 16.2. The molecule has 0 spiro atoms. The Morgan fingerprint density at radius 2 is 1.94 bits per heavy atom. The topological polar surface area (TPSA) is 41.6 Å². The quantitative estimate of drug-likeness (QED) is 0.431. The van der Waals surface area contributed by atoms with Gasteiger partial charge >= 0.3 is 0 Å². The predicted molar refractivity (Wildman–Crippen MR) is 120 cm³/mol. The maximum absolute atomic E-state index is 15.5. The van der Waals surface area contributed by atoms with Gasteiger partial charge in [0.2, 0.25) is 0 Å². The molecule has 0 aliphatic carbocycles. The number of ether oxygens (including phenoxy) is 1. The second kappa shape index (κ2) is 10.2. The maximum Gasteiger partial charge on any atom is 0.283 e. The van der Waals surface area contributed by atoms with Gasteiger partial charge in [0.15, 0.2) is 0 Å². The molecule has 0 aromatic heterocycles. The van der Waals surface area contributed by atoms with Crippen molar-refractivity contribution in [2.45, 2.75) is 50.3 Å². The summed E-state index contributed by atoms with van der Waals surface area (Å²) in [4.78, 5) is 14.2. The second-order valence-corrected chi connectivity index (χ2v) is 9.57. The summed E-state index contributed by atoms with van der Waals surface area (Å²) in [5.41, 5.74) is 0.0190. The van der Waals surface area contributed by atoms with Crippen LogP contribution in [0.3, 0.4) is 0 Å². The number of amides is 1. The number of carbonyl (C=O) groups excluding carboxylic acids is 1. The molecule has 0 radical (unpaired) electrons. The minimum absolute atomic E-state index is 0.00268. The molecular weight excluding hydrogens is 475 g/mol. The van der Waals surface area contributed by atoms with Gasteiger partial charge in [-0.05, 0) is 42.5 Å². The first-order valence-electron chi connectivity index (χ1n) is 11.1. The monoisotopic (exact) mass is 500 g/mol. The van der Waals surface area contributed by atoms with Gasteiger partial charge in [-0.1, -0.05) is 37.1 Å². The summed E-state index contributed by atoms with van der Waals surface area (Å²) in [6.07, 6.45) is 0.125. The zero-order valence-electron chi connectivity index (χ0n) is 18.5. The Kier molecular flexibility index (Phi) is 7.49. The molecule has 2 aromatic carbocycles. The lowest BCUT2D eigenvalue weighted by molar-refractivity contribution is -0.143. The predicted octanol–water partition coefficient (Wildman–Crippen LogP) is 4.96. The molecule has 4 nitrogen and oxygen atoms in total. The Hall–Kier alpha value is -2.17. The molecule has 3 atom stereocenters. The van der Waals surface area contributed by atoms with Gasteiger partial charge in [0, 0.05) is 24.0 Å². The first kappa shape index (κ1) is 24.9. The number of hydrogen-bond acceptors (Lipinski definition) is 4. The van der Waals surface area contributed by atoms with Crippen LogP contribution >= 0.6 is 11.9 Å². The largest absolute Gasteiger partial charge is 0.368 e. The SMILES string of the molecule is CCSN[C@@H]1[C@H](Cc2cccc(-c3cc(F)cc(F)c3)c2F)N(C(=O)[C@H]2CCCO2)CC1(F)F. The Morgan fingerprint density at radius 3 is 2.59 bits per heavy atom. The van der Waals surface area contributed by atoms with E-state index in [9.17, 15) is 13.6 Å². The van der Waals surface area contributed by atoms with Crippen LogP contribution in [0.25, 0.3) is 11.1 Å². The number of rotatable bonds is 7. The molecule has 0 saturated carbocycles. The molecule has 2 fully saturated rings. The van der Waals surface area contributed by atoms with Crippen LogP contribution in [0, 0.1) is 17.5 Å². The van der Waals surface area contributed by atoms with Crippen LogP contribution in [0.4, 0.5) is 22.0 Å². The minimum Gasteiger partial charge on any atom is -0.368 e. The van der Waals surface area contributed by atoms with Gasteiger partial charge in [-0.3, -0.25) is 9.52 Å². The van der Waals surface area contributed by atoms with E-state index in [2.05, 4.69) is 4.72 Å². The molecule has 2 heterocycles. The van der Waals surface area contributed by atoms with E-state index in [-0.39, 0.29) is 23.1 Å². The maximum atomic E-state index is 15.5. The lowest BCUT2D eigenvalue weighted by atomic mass is 9.95. The van der Waals surface area contributed by atoms with Crippen molar-refractivity contribution in [1.82, 2.24) is 9.62 Å². The molecule has 10 heteroatoms. The Bertz CT molecular complexity index is 1030. The van der Waals surface area contributed by atoms with Crippen LogP contribution in [-0.2, 0) is 16.0 Å². The molecule has 0 unspecified atom stereocenters. The summed E-state index contributed by atoms with van der Waals surface area (Å²) >= 11 is 1.10. The number of halogens is 5. The van der Waals surface area contributed by atoms with Gasteiger partial charge < -0.3 is 9.64 Å². The number of alkyl halides is 2. The summed E-state index contributed by atoms with van der Waals surface area (Å²) < 4.78 is 81.1. The summed E-state index contributed by atoms with van der Waals surface area (Å²) in [5.74, 6) is -5.73. The molecule has 1 amide bonds. The molecule has 2 saturated heterocycles. The third-order valence-electron chi connectivity index (χ3n) is 6.15. The van der Waals surface area contributed by atoms with Crippen molar-refractivity contribution < 1.29 is 31.5 Å². The van der Waals surface area contributed by atoms with Crippen molar-refractivity contribution >= 4 is 17.9 Å². The van der Waals surface area contributed by atoms with Crippen LogP contribution in [0.5, 0.6) is 0 Å². The third kappa shape index (κ3) is 5.08. The first-order valence-corrected chi connectivity index (χ1v) is 12.1. The summed E-state index contributed by atoms with van der Waals surface area (Å²) in [7, 11) is 0. The summed E-state index contributed by atoms with van der Waals surface area (Å²) in [6.45, 7) is 1.39. The third-order valence-corrected chi connectivity index (χ3v) is 6.85. The van der Waals surface area contributed by atoms with E-state index >= 15 is 13.2 Å². The smallest absolute Gasteiger partial charge is 0.283 e. The lowest BCUT2D eigenvalue weighted by Gasteiger charge is -2.30. The molecule has 2 aromatic rings.